The molecule has 0 amide bonds. The lowest BCUT2D eigenvalue weighted by Gasteiger charge is -2.38. The zero-order valence-electron chi connectivity index (χ0n) is 13.4. The number of rotatable bonds is 3. The third-order valence-electron chi connectivity index (χ3n) is 3.04. The molecule has 1 aliphatic heterocycles. The Morgan fingerprint density at radius 2 is 1.32 bits per heavy atom. The van der Waals surface area contributed by atoms with E-state index in [1.165, 1.54) is 0 Å². The minimum Gasteiger partial charge on any atom is -0.300 e. The van der Waals surface area contributed by atoms with Crippen molar-refractivity contribution < 1.29 is 8.42 Å². The second kappa shape index (κ2) is 5.70. The van der Waals surface area contributed by atoms with Gasteiger partial charge < -0.3 is 4.90 Å². The molecule has 4 nitrogen and oxygen atoms in total. The van der Waals surface area contributed by atoms with Gasteiger partial charge in [0, 0.05) is 32.7 Å². The normalized spacial score (nSPS) is 20.7. The summed E-state index contributed by atoms with van der Waals surface area (Å²) in [6.07, 6.45) is 0. The number of hydrogen-bond donors (Lipinski definition) is 0. The lowest BCUT2D eigenvalue weighted by Crippen LogP contribution is -2.51. The van der Waals surface area contributed by atoms with Crippen LogP contribution < -0.4 is 0 Å². The molecule has 0 aliphatic carbocycles. The van der Waals surface area contributed by atoms with Crippen LogP contribution in [0.3, 0.4) is 0 Å². The summed E-state index contributed by atoms with van der Waals surface area (Å²) >= 11 is 0. The summed E-state index contributed by atoms with van der Waals surface area (Å²) in [6.45, 7) is 16.6. The van der Waals surface area contributed by atoms with Gasteiger partial charge in [0.1, 0.15) is 0 Å². The number of sulfonamides is 1. The van der Waals surface area contributed by atoms with Crippen LogP contribution in [0.4, 0.5) is 0 Å². The van der Waals surface area contributed by atoms with Gasteiger partial charge in [-0.2, -0.15) is 4.31 Å². The first-order valence-corrected chi connectivity index (χ1v) is 8.70. The highest BCUT2D eigenvalue weighted by atomic mass is 32.2. The molecule has 114 valence electrons. The Labute approximate surface area is 119 Å². The Morgan fingerprint density at radius 3 is 1.68 bits per heavy atom. The van der Waals surface area contributed by atoms with Gasteiger partial charge in [-0.15, -0.1) is 0 Å². The first kappa shape index (κ1) is 16.9. The molecule has 0 atom stereocenters. The molecule has 1 saturated heterocycles. The van der Waals surface area contributed by atoms with Crippen molar-refractivity contribution >= 4 is 10.0 Å². The maximum Gasteiger partial charge on any atom is 0.214 e. The minimum atomic E-state index is -3.10. The van der Waals surface area contributed by atoms with Crippen LogP contribution in [0, 0.1) is 10.8 Å². The fourth-order valence-corrected chi connectivity index (χ4v) is 4.47. The van der Waals surface area contributed by atoms with Crippen molar-refractivity contribution in [2.24, 2.45) is 10.8 Å². The van der Waals surface area contributed by atoms with E-state index in [9.17, 15) is 8.42 Å². The van der Waals surface area contributed by atoms with E-state index >= 15 is 0 Å². The summed E-state index contributed by atoms with van der Waals surface area (Å²) in [4.78, 5) is 2.36. The zero-order valence-corrected chi connectivity index (χ0v) is 14.2. The predicted octanol–water partition coefficient (Wildman–Crippen LogP) is 2.03. The van der Waals surface area contributed by atoms with Crippen LogP contribution in [0.5, 0.6) is 0 Å². The molecule has 0 aromatic rings. The van der Waals surface area contributed by atoms with E-state index in [4.69, 9.17) is 0 Å². The van der Waals surface area contributed by atoms with Crippen LogP contribution >= 0.6 is 0 Å². The molecule has 0 bridgehead atoms. The minimum absolute atomic E-state index is 0.179. The first-order valence-electron chi connectivity index (χ1n) is 7.09. The zero-order chi connectivity index (χ0) is 14.9. The fourth-order valence-electron chi connectivity index (χ4n) is 2.48. The van der Waals surface area contributed by atoms with E-state index in [-0.39, 0.29) is 16.6 Å². The van der Waals surface area contributed by atoms with Gasteiger partial charge in [0.2, 0.25) is 10.0 Å². The molecule has 0 spiro atoms. The van der Waals surface area contributed by atoms with E-state index in [0.29, 0.717) is 13.1 Å². The monoisotopic (exact) mass is 290 g/mol. The number of hydrogen-bond acceptors (Lipinski definition) is 3. The predicted molar refractivity (Wildman–Crippen MR) is 80.7 cm³/mol. The highest BCUT2D eigenvalue weighted by Gasteiger charge is 2.31. The average molecular weight is 290 g/mol. The van der Waals surface area contributed by atoms with E-state index in [0.717, 1.165) is 19.6 Å². The molecular weight excluding hydrogens is 260 g/mol. The van der Waals surface area contributed by atoms with Crippen LogP contribution in [-0.2, 0) is 10.0 Å². The van der Waals surface area contributed by atoms with Crippen molar-refractivity contribution in [2.75, 3.05) is 38.5 Å². The Bertz CT molecular complexity index is 383. The van der Waals surface area contributed by atoms with Crippen molar-refractivity contribution in [1.82, 2.24) is 9.21 Å². The molecule has 19 heavy (non-hydrogen) atoms. The summed E-state index contributed by atoms with van der Waals surface area (Å²) in [5.41, 5.74) is 0.0911. The maximum atomic E-state index is 12.3. The van der Waals surface area contributed by atoms with Crippen LogP contribution in [0.25, 0.3) is 0 Å². The highest BCUT2D eigenvalue weighted by Crippen LogP contribution is 2.21. The smallest absolute Gasteiger partial charge is 0.214 e. The van der Waals surface area contributed by atoms with Gasteiger partial charge in [-0.05, 0) is 10.8 Å². The van der Waals surface area contributed by atoms with E-state index in [1.54, 1.807) is 4.31 Å². The van der Waals surface area contributed by atoms with Gasteiger partial charge in [0.05, 0.1) is 5.75 Å². The van der Waals surface area contributed by atoms with E-state index in [1.807, 2.05) is 20.8 Å². The molecule has 0 saturated carbocycles. The molecule has 1 rings (SSSR count). The standard InChI is InChI=1S/C14H30N2O2S/c1-13(2,3)11-15-7-9-16(10-8-15)19(17,18)12-14(4,5)6/h7-12H2,1-6H3. The van der Waals surface area contributed by atoms with Crippen molar-refractivity contribution in [3.05, 3.63) is 0 Å². The van der Waals surface area contributed by atoms with Crippen LogP contribution in [0.2, 0.25) is 0 Å². The molecule has 0 aromatic heterocycles. The van der Waals surface area contributed by atoms with Gasteiger partial charge in [-0.1, -0.05) is 41.5 Å². The molecule has 0 aromatic carbocycles. The van der Waals surface area contributed by atoms with Crippen LogP contribution in [-0.4, -0.2) is 56.1 Å². The molecule has 0 radical (unpaired) electrons. The molecule has 1 aliphatic rings. The summed E-state index contributed by atoms with van der Waals surface area (Å²) in [5, 5.41) is 0. The third-order valence-corrected chi connectivity index (χ3v) is 5.42. The second-order valence-corrected chi connectivity index (χ2v) is 10.0. The molecular formula is C14H30N2O2S. The molecule has 1 heterocycles. The van der Waals surface area contributed by atoms with Crippen LogP contribution in [0.15, 0.2) is 0 Å². The Morgan fingerprint density at radius 1 is 0.842 bits per heavy atom. The van der Waals surface area contributed by atoms with Crippen LogP contribution in [0.1, 0.15) is 41.5 Å². The van der Waals surface area contributed by atoms with E-state index < -0.39 is 10.0 Å². The number of piperazine rings is 1. The van der Waals surface area contributed by atoms with Gasteiger partial charge in [-0.25, -0.2) is 8.42 Å². The molecule has 1 fully saturated rings. The average Bonchev–Trinajstić information content (AvgIpc) is 2.11. The van der Waals surface area contributed by atoms with Gasteiger partial charge >= 0.3 is 0 Å². The van der Waals surface area contributed by atoms with Crippen molar-refractivity contribution in [3.63, 3.8) is 0 Å². The third kappa shape index (κ3) is 6.23. The number of nitrogens with zero attached hydrogens (tertiary/aromatic N) is 2. The molecule has 0 unspecified atom stereocenters. The fraction of sp³-hybridized carbons (Fsp3) is 1.00. The quantitative estimate of drug-likeness (QED) is 0.798. The Hall–Kier alpha value is -0.130. The van der Waals surface area contributed by atoms with Crippen molar-refractivity contribution in [3.8, 4) is 0 Å². The SMILES string of the molecule is CC(C)(C)CN1CCN(S(=O)(=O)CC(C)(C)C)CC1. The summed E-state index contributed by atoms with van der Waals surface area (Å²) < 4.78 is 26.3. The highest BCUT2D eigenvalue weighted by molar-refractivity contribution is 7.89. The summed E-state index contributed by atoms with van der Waals surface area (Å²) in [5.74, 6) is 0.235. The summed E-state index contributed by atoms with van der Waals surface area (Å²) in [7, 11) is -3.10. The second-order valence-electron chi connectivity index (χ2n) is 8.05. The van der Waals surface area contributed by atoms with Crippen molar-refractivity contribution in [2.45, 2.75) is 41.5 Å². The topological polar surface area (TPSA) is 40.6 Å². The largest absolute Gasteiger partial charge is 0.300 e. The van der Waals surface area contributed by atoms with Gasteiger partial charge in [-0.3, -0.25) is 0 Å². The lowest BCUT2D eigenvalue weighted by atomic mass is 9.96. The summed E-state index contributed by atoms with van der Waals surface area (Å²) in [6, 6.07) is 0. The van der Waals surface area contributed by atoms with E-state index in [2.05, 4.69) is 25.7 Å². The van der Waals surface area contributed by atoms with Crippen molar-refractivity contribution in [1.29, 1.82) is 0 Å². The van der Waals surface area contributed by atoms with Gasteiger partial charge in [0.15, 0.2) is 0 Å². The first-order chi connectivity index (χ1) is 8.39. The molecule has 5 heteroatoms. The lowest BCUT2D eigenvalue weighted by molar-refractivity contribution is 0.140. The Kier molecular flexibility index (Phi) is 5.08. The van der Waals surface area contributed by atoms with Gasteiger partial charge in [0.25, 0.3) is 0 Å². The molecule has 0 N–H and O–H groups in total. The Balaban J connectivity index is 2.54. The maximum absolute atomic E-state index is 12.3.